The fourth-order valence-electron chi connectivity index (χ4n) is 2.13. The highest BCUT2D eigenvalue weighted by Gasteiger charge is 2.26. The molecule has 1 aromatic rings. The molecule has 2 rings (SSSR count). The van der Waals surface area contributed by atoms with Crippen molar-refractivity contribution in [2.45, 2.75) is 32.3 Å². The number of aliphatic hydroxyl groups excluding tert-OH is 1. The van der Waals surface area contributed by atoms with Gasteiger partial charge in [0.25, 0.3) is 0 Å². The first-order valence-corrected chi connectivity index (χ1v) is 5.97. The number of aliphatic hydroxyl groups is 1. The Morgan fingerprint density at radius 2 is 2.12 bits per heavy atom. The topological polar surface area (TPSA) is 96.1 Å². The standard InChI is InChI=1S/C11H19N5O/c1-2-9-10(14-6-15-11(9)16-12)13-5-7-3-8(17)4-7/h6-8,17H,2-5,12H2,1H3,(H2,13,14,15,16). The van der Waals surface area contributed by atoms with E-state index in [4.69, 9.17) is 5.84 Å². The van der Waals surface area contributed by atoms with Crippen LogP contribution in [0.2, 0.25) is 0 Å². The van der Waals surface area contributed by atoms with Gasteiger partial charge in [0.05, 0.1) is 6.10 Å². The van der Waals surface area contributed by atoms with Gasteiger partial charge >= 0.3 is 0 Å². The SMILES string of the molecule is CCc1c(NN)ncnc1NCC1CC(O)C1. The van der Waals surface area contributed by atoms with E-state index in [1.165, 1.54) is 6.33 Å². The van der Waals surface area contributed by atoms with Crippen molar-refractivity contribution in [2.24, 2.45) is 11.8 Å². The van der Waals surface area contributed by atoms with Crippen molar-refractivity contribution in [2.75, 3.05) is 17.3 Å². The van der Waals surface area contributed by atoms with Gasteiger partial charge in [0.1, 0.15) is 18.0 Å². The maximum atomic E-state index is 9.22. The molecule has 1 aliphatic carbocycles. The molecule has 1 fully saturated rings. The average molecular weight is 237 g/mol. The Hall–Kier alpha value is -1.40. The number of rotatable bonds is 5. The molecule has 1 aliphatic rings. The molecule has 0 atom stereocenters. The summed E-state index contributed by atoms with van der Waals surface area (Å²) in [5.41, 5.74) is 3.57. The molecule has 0 saturated heterocycles. The number of hydrogen-bond acceptors (Lipinski definition) is 6. The number of nitrogens with zero attached hydrogens (tertiary/aromatic N) is 2. The third-order valence-corrected chi connectivity index (χ3v) is 3.20. The lowest BCUT2D eigenvalue weighted by molar-refractivity contribution is 0.0486. The molecule has 0 amide bonds. The number of nitrogens with two attached hydrogens (primary N) is 1. The predicted octanol–water partition coefficient (Wildman–Crippen LogP) is 0.507. The Kier molecular flexibility index (Phi) is 3.75. The number of nitrogens with one attached hydrogen (secondary N) is 2. The minimum absolute atomic E-state index is 0.112. The van der Waals surface area contributed by atoms with Gasteiger partial charge in [0.2, 0.25) is 0 Å². The van der Waals surface area contributed by atoms with Gasteiger partial charge in [-0.25, -0.2) is 15.8 Å². The molecule has 0 radical (unpaired) electrons. The molecule has 0 spiro atoms. The van der Waals surface area contributed by atoms with Crippen LogP contribution in [0.1, 0.15) is 25.3 Å². The highest BCUT2D eigenvalue weighted by Crippen LogP contribution is 2.28. The molecule has 6 nitrogen and oxygen atoms in total. The van der Waals surface area contributed by atoms with E-state index in [1.807, 2.05) is 6.92 Å². The lowest BCUT2D eigenvalue weighted by Gasteiger charge is -2.31. The van der Waals surface area contributed by atoms with E-state index >= 15 is 0 Å². The zero-order valence-electron chi connectivity index (χ0n) is 9.98. The minimum Gasteiger partial charge on any atom is -0.393 e. The van der Waals surface area contributed by atoms with Gasteiger partial charge in [-0.15, -0.1) is 0 Å². The number of anilines is 2. The maximum absolute atomic E-state index is 9.22. The largest absolute Gasteiger partial charge is 0.393 e. The van der Waals surface area contributed by atoms with E-state index in [9.17, 15) is 5.11 Å². The van der Waals surface area contributed by atoms with Crippen LogP contribution in [0, 0.1) is 5.92 Å². The molecular weight excluding hydrogens is 218 g/mol. The normalized spacial score (nSPS) is 23.0. The molecule has 1 saturated carbocycles. The number of aromatic nitrogens is 2. The Morgan fingerprint density at radius 3 is 2.71 bits per heavy atom. The van der Waals surface area contributed by atoms with E-state index in [-0.39, 0.29) is 6.10 Å². The van der Waals surface area contributed by atoms with Crippen molar-refractivity contribution in [3.05, 3.63) is 11.9 Å². The van der Waals surface area contributed by atoms with Crippen molar-refractivity contribution in [3.63, 3.8) is 0 Å². The van der Waals surface area contributed by atoms with Crippen LogP contribution in [-0.2, 0) is 6.42 Å². The van der Waals surface area contributed by atoms with Crippen LogP contribution in [0.3, 0.4) is 0 Å². The third kappa shape index (κ3) is 2.65. The Bertz CT molecular complexity index is 378. The van der Waals surface area contributed by atoms with Gasteiger partial charge in [-0.1, -0.05) is 6.92 Å². The van der Waals surface area contributed by atoms with E-state index in [1.54, 1.807) is 0 Å². The van der Waals surface area contributed by atoms with Crippen molar-refractivity contribution in [1.29, 1.82) is 0 Å². The van der Waals surface area contributed by atoms with Crippen LogP contribution in [0.4, 0.5) is 11.6 Å². The van der Waals surface area contributed by atoms with Crippen molar-refractivity contribution in [3.8, 4) is 0 Å². The van der Waals surface area contributed by atoms with Crippen LogP contribution in [0.25, 0.3) is 0 Å². The third-order valence-electron chi connectivity index (χ3n) is 3.20. The van der Waals surface area contributed by atoms with E-state index in [0.717, 1.165) is 37.2 Å². The summed E-state index contributed by atoms with van der Waals surface area (Å²) in [6, 6.07) is 0. The summed E-state index contributed by atoms with van der Waals surface area (Å²) in [6.45, 7) is 2.88. The summed E-state index contributed by atoms with van der Waals surface area (Å²) in [6.07, 6.45) is 3.95. The molecule has 5 N–H and O–H groups in total. The van der Waals surface area contributed by atoms with Crippen molar-refractivity contribution < 1.29 is 5.11 Å². The van der Waals surface area contributed by atoms with E-state index in [2.05, 4.69) is 20.7 Å². The summed E-state index contributed by atoms with van der Waals surface area (Å²) in [5, 5.41) is 12.5. The van der Waals surface area contributed by atoms with Crippen LogP contribution in [0.5, 0.6) is 0 Å². The molecule has 0 unspecified atom stereocenters. The maximum Gasteiger partial charge on any atom is 0.148 e. The summed E-state index contributed by atoms with van der Waals surface area (Å²) in [5.74, 6) is 7.44. The summed E-state index contributed by atoms with van der Waals surface area (Å²) in [7, 11) is 0. The molecule has 6 heteroatoms. The van der Waals surface area contributed by atoms with Gasteiger partial charge in [0.15, 0.2) is 0 Å². The molecule has 17 heavy (non-hydrogen) atoms. The first kappa shape index (κ1) is 12.1. The van der Waals surface area contributed by atoms with Crippen LogP contribution in [0.15, 0.2) is 6.33 Å². The fraction of sp³-hybridized carbons (Fsp3) is 0.636. The van der Waals surface area contributed by atoms with Gasteiger partial charge in [-0.05, 0) is 25.2 Å². The first-order chi connectivity index (χ1) is 8.24. The zero-order chi connectivity index (χ0) is 12.3. The Balaban J connectivity index is 1.99. The number of hydrazine groups is 1. The molecule has 1 heterocycles. The Labute approximate surface area is 101 Å². The van der Waals surface area contributed by atoms with Crippen molar-refractivity contribution >= 4 is 11.6 Å². The molecular formula is C11H19N5O. The molecule has 1 aromatic heterocycles. The van der Waals surface area contributed by atoms with Gasteiger partial charge in [-0.2, -0.15) is 0 Å². The fourth-order valence-corrected chi connectivity index (χ4v) is 2.13. The minimum atomic E-state index is -0.112. The van der Waals surface area contributed by atoms with Crippen LogP contribution < -0.4 is 16.6 Å². The van der Waals surface area contributed by atoms with E-state index < -0.39 is 0 Å². The van der Waals surface area contributed by atoms with Crippen LogP contribution in [-0.4, -0.2) is 27.7 Å². The first-order valence-electron chi connectivity index (χ1n) is 5.97. The highest BCUT2D eigenvalue weighted by molar-refractivity contribution is 5.56. The molecule has 0 aliphatic heterocycles. The lowest BCUT2D eigenvalue weighted by Crippen LogP contribution is -2.33. The molecule has 0 bridgehead atoms. The number of hydrogen-bond donors (Lipinski definition) is 4. The van der Waals surface area contributed by atoms with Crippen LogP contribution >= 0.6 is 0 Å². The Morgan fingerprint density at radius 1 is 1.41 bits per heavy atom. The molecule has 94 valence electrons. The average Bonchev–Trinajstić information content (AvgIpc) is 2.32. The predicted molar refractivity (Wildman–Crippen MR) is 66.4 cm³/mol. The second kappa shape index (κ2) is 5.29. The zero-order valence-corrected chi connectivity index (χ0v) is 9.98. The van der Waals surface area contributed by atoms with Gasteiger partial charge in [0, 0.05) is 12.1 Å². The van der Waals surface area contributed by atoms with E-state index in [0.29, 0.717) is 11.7 Å². The quantitative estimate of drug-likeness (QED) is 0.440. The van der Waals surface area contributed by atoms with Gasteiger partial charge < -0.3 is 15.8 Å². The highest BCUT2D eigenvalue weighted by atomic mass is 16.3. The second-order valence-electron chi connectivity index (χ2n) is 4.42. The number of nitrogen functional groups attached to an aromatic ring is 1. The molecule has 0 aromatic carbocycles. The van der Waals surface area contributed by atoms with Gasteiger partial charge in [-0.3, -0.25) is 0 Å². The second-order valence-corrected chi connectivity index (χ2v) is 4.42. The summed E-state index contributed by atoms with van der Waals surface area (Å²) in [4.78, 5) is 8.30. The summed E-state index contributed by atoms with van der Waals surface area (Å²) >= 11 is 0. The lowest BCUT2D eigenvalue weighted by atomic mass is 9.82. The summed E-state index contributed by atoms with van der Waals surface area (Å²) < 4.78 is 0. The smallest absolute Gasteiger partial charge is 0.148 e. The monoisotopic (exact) mass is 237 g/mol. The van der Waals surface area contributed by atoms with Crippen molar-refractivity contribution in [1.82, 2.24) is 9.97 Å².